The molecule has 1 aliphatic rings. The molecule has 0 bridgehead atoms. The van der Waals surface area contributed by atoms with Crippen molar-refractivity contribution in [1.82, 2.24) is 4.90 Å². The van der Waals surface area contributed by atoms with Gasteiger partial charge in [0, 0.05) is 19.6 Å². The zero-order valence-corrected chi connectivity index (χ0v) is 12.0. The van der Waals surface area contributed by atoms with E-state index in [0.717, 1.165) is 24.1 Å². The number of likely N-dealkylation sites (tertiary alicyclic amines) is 1. The summed E-state index contributed by atoms with van der Waals surface area (Å²) in [7, 11) is 0. The summed E-state index contributed by atoms with van der Waals surface area (Å²) in [5.41, 5.74) is 0. The van der Waals surface area contributed by atoms with E-state index in [9.17, 15) is 10.2 Å². The molecule has 0 radical (unpaired) electrons. The SMILES string of the molecule is OC1CCN(CC(O)COc2ccc3ccccc3c2)C1. The highest BCUT2D eigenvalue weighted by atomic mass is 16.5. The van der Waals surface area contributed by atoms with Gasteiger partial charge in [-0.1, -0.05) is 30.3 Å². The molecule has 1 saturated heterocycles. The standard InChI is InChI=1S/C17H21NO3/c19-15-7-8-18(10-15)11-16(20)12-21-17-6-5-13-3-1-2-4-14(13)9-17/h1-6,9,15-16,19-20H,7-8,10-12H2. The van der Waals surface area contributed by atoms with Gasteiger partial charge in [-0.2, -0.15) is 0 Å². The topological polar surface area (TPSA) is 52.9 Å². The Hall–Kier alpha value is -1.62. The molecule has 2 aromatic carbocycles. The first kappa shape index (κ1) is 14.3. The summed E-state index contributed by atoms with van der Waals surface area (Å²) < 4.78 is 5.67. The van der Waals surface area contributed by atoms with Crippen molar-refractivity contribution in [3.8, 4) is 5.75 Å². The van der Waals surface area contributed by atoms with Crippen LogP contribution in [0, 0.1) is 0 Å². The van der Waals surface area contributed by atoms with Gasteiger partial charge in [0.25, 0.3) is 0 Å². The smallest absolute Gasteiger partial charge is 0.120 e. The molecule has 3 rings (SSSR count). The fourth-order valence-corrected chi connectivity index (χ4v) is 2.78. The van der Waals surface area contributed by atoms with Gasteiger partial charge in [-0.05, 0) is 29.3 Å². The van der Waals surface area contributed by atoms with Crippen LogP contribution < -0.4 is 4.74 Å². The van der Waals surface area contributed by atoms with Crippen molar-refractivity contribution in [2.24, 2.45) is 0 Å². The van der Waals surface area contributed by atoms with Gasteiger partial charge in [-0.3, -0.25) is 4.90 Å². The molecule has 2 N–H and O–H groups in total. The van der Waals surface area contributed by atoms with E-state index in [1.54, 1.807) is 0 Å². The van der Waals surface area contributed by atoms with Crippen molar-refractivity contribution in [3.05, 3.63) is 42.5 Å². The fourth-order valence-electron chi connectivity index (χ4n) is 2.78. The van der Waals surface area contributed by atoms with E-state index >= 15 is 0 Å². The summed E-state index contributed by atoms with van der Waals surface area (Å²) in [5, 5.41) is 21.8. The monoisotopic (exact) mass is 287 g/mol. The van der Waals surface area contributed by atoms with Gasteiger partial charge in [-0.25, -0.2) is 0 Å². The number of aliphatic hydroxyl groups is 2. The van der Waals surface area contributed by atoms with Crippen LogP contribution in [0.5, 0.6) is 5.75 Å². The maximum absolute atomic E-state index is 10.0. The summed E-state index contributed by atoms with van der Waals surface area (Å²) in [6.45, 7) is 2.30. The molecule has 1 aliphatic heterocycles. The predicted molar refractivity (Wildman–Crippen MR) is 82.5 cm³/mol. The first-order valence-corrected chi connectivity index (χ1v) is 7.41. The van der Waals surface area contributed by atoms with Gasteiger partial charge in [0.2, 0.25) is 0 Å². The van der Waals surface area contributed by atoms with Crippen LogP contribution in [0.4, 0.5) is 0 Å². The van der Waals surface area contributed by atoms with Crippen LogP contribution in [0.1, 0.15) is 6.42 Å². The molecule has 1 fully saturated rings. The van der Waals surface area contributed by atoms with E-state index in [-0.39, 0.29) is 12.7 Å². The second-order valence-electron chi connectivity index (χ2n) is 5.68. The Morgan fingerprint density at radius 1 is 1.19 bits per heavy atom. The van der Waals surface area contributed by atoms with Gasteiger partial charge in [0.05, 0.1) is 6.10 Å². The van der Waals surface area contributed by atoms with Crippen LogP contribution in [0.15, 0.2) is 42.5 Å². The van der Waals surface area contributed by atoms with Gasteiger partial charge in [0.15, 0.2) is 0 Å². The maximum atomic E-state index is 10.0. The second-order valence-corrected chi connectivity index (χ2v) is 5.68. The van der Waals surface area contributed by atoms with Crippen molar-refractivity contribution in [2.75, 3.05) is 26.2 Å². The molecular weight excluding hydrogens is 266 g/mol. The van der Waals surface area contributed by atoms with Gasteiger partial charge < -0.3 is 14.9 Å². The average molecular weight is 287 g/mol. The molecule has 1 heterocycles. The van der Waals surface area contributed by atoms with E-state index in [1.807, 2.05) is 36.4 Å². The largest absolute Gasteiger partial charge is 0.491 e. The Morgan fingerprint density at radius 3 is 2.76 bits per heavy atom. The van der Waals surface area contributed by atoms with Crippen LogP contribution in [-0.4, -0.2) is 53.6 Å². The molecule has 21 heavy (non-hydrogen) atoms. The first-order valence-electron chi connectivity index (χ1n) is 7.41. The van der Waals surface area contributed by atoms with Crippen molar-refractivity contribution in [1.29, 1.82) is 0 Å². The first-order chi connectivity index (χ1) is 10.2. The Morgan fingerprint density at radius 2 is 2.00 bits per heavy atom. The third-order valence-electron chi connectivity index (χ3n) is 3.88. The number of hydrogen-bond donors (Lipinski definition) is 2. The van der Waals surface area contributed by atoms with Crippen molar-refractivity contribution >= 4 is 10.8 Å². The lowest BCUT2D eigenvalue weighted by Gasteiger charge is -2.19. The number of benzene rings is 2. The van der Waals surface area contributed by atoms with Crippen molar-refractivity contribution in [3.63, 3.8) is 0 Å². The van der Waals surface area contributed by atoms with Crippen LogP contribution in [0.2, 0.25) is 0 Å². The lowest BCUT2D eigenvalue weighted by atomic mass is 10.1. The second kappa shape index (κ2) is 6.43. The van der Waals surface area contributed by atoms with Gasteiger partial charge in [0.1, 0.15) is 18.5 Å². The molecule has 0 spiro atoms. The number of ether oxygens (including phenoxy) is 1. The zero-order valence-electron chi connectivity index (χ0n) is 12.0. The van der Waals surface area contributed by atoms with Gasteiger partial charge >= 0.3 is 0 Å². The maximum Gasteiger partial charge on any atom is 0.120 e. The Labute approximate surface area is 124 Å². The van der Waals surface area contributed by atoms with Crippen molar-refractivity contribution < 1.29 is 14.9 Å². The Bertz CT molecular complexity index is 601. The third kappa shape index (κ3) is 3.73. The highest BCUT2D eigenvalue weighted by Gasteiger charge is 2.22. The van der Waals surface area contributed by atoms with Crippen LogP contribution in [0.3, 0.4) is 0 Å². The highest BCUT2D eigenvalue weighted by molar-refractivity contribution is 5.83. The number of fused-ring (bicyclic) bond motifs is 1. The lowest BCUT2D eigenvalue weighted by Crippen LogP contribution is -2.34. The van der Waals surface area contributed by atoms with E-state index in [4.69, 9.17) is 4.74 Å². The molecule has 0 saturated carbocycles. The lowest BCUT2D eigenvalue weighted by molar-refractivity contribution is 0.0708. The Kier molecular flexibility index (Phi) is 4.39. The minimum atomic E-state index is -0.540. The number of β-amino-alcohol motifs (C(OH)–C–C–N with tert-alkyl or cyclic N) is 2. The molecule has 112 valence electrons. The number of rotatable bonds is 5. The average Bonchev–Trinajstić information content (AvgIpc) is 2.90. The van der Waals surface area contributed by atoms with Crippen LogP contribution >= 0.6 is 0 Å². The minimum absolute atomic E-state index is 0.251. The van der Waals surface area contributed by atoms with Crippen LogP contribution in [0.25, 0.3) is 10.8 Å². The molecule has 4 heteroatoms. The third-order valence-corrected chi connectivity index (χ3v) is 3.88. The summed E-state index contributed by atoms with van der Waals surface area (Å²) in [5.74, 6) is 0.772. The van der Waals surface area contributed by atoms with E-state index in [1.165, 1.54) is 5.39 Å². The number of aliphatic hydroxyl groups excluding tert-OH is 2. The van der Waals surface area contributed by atoms with Crippen LogP contribution in [-0.2, 0) is 0 Å². The highest BCUT2D eigenvalue weighted by Crippen LogP contribution is 2.20. The molecular formula is C17H21NO3. The molecule has 2 aromatic rings. The normalized spacial score (nSPS) is 20.8. The van der Waals surface area contributed by atoms with Gasteiger partial charge in [-0.15, -0.1) is 0 Å². The number of nitrogens with zero attached hydrogens (tertiary/aromatic N) is 1. The minimum Gasteiger partial charge on any atom is -0.491 e. The van der Waals surface area contributed by atoms with Crippen molar-refractivity contribution in [2.45, 2.75) is 18.6 Å². The Balaban J connectivity index is 1.53. The zero-order chi connectivity index (χ0) is 14.7. The van der Waals surface area contributed by atoms with E-state index < -0.39 is 6.10 Å². The predicted octanol–water partition coefficient (Wildman–Crippen LogP) is 1.65. The van der Waals surface area contributed by atoms with E-state index in [2.05, 4.69) is 11.0 Å². The molecule has 2 unspecified atom stereocenters. The molecule has 4 nitrogen and oxygen atoms in total. The molecule has 0 aromatic heterocycles. The molecule has 0 aliphatic carbocycles. The summed E-state index contributed by atoms with van der Waals surface area (Å²) in [4.78, 5) is 2.07. The fraction of sp³-hybridized carbons (Fsp3) is 0.412. The number of hydrogen-bond acceptors (Lipinski definition) is 4. The summed E-state index contributed by atoms with van der Waals surface area (Å²) >= 11 is 0. The molecule has 2 atom stereocenters. The summed E-state index contributed by atoms with van der Waals surface area (Å²) in [6, 6.07) is 14.1. The summed E-state index contributed by atoms with van der Waals surface area (Å²) in [6.07, 6.45) is -0.00139. The quantitative estimate of drug-likeness (QED) is 0.878. The van der Waals surface area contributed by atoms with E-state index in [0.29, 0.717) is 13.1 Å². The molecule has 0 amide bonds.